The quantitative estimate of drug-likeness (QED) is 0.879. The van der Waals surface area contributed by atoms with Gasteiger partial charge in [-0.2, -0.15) is 0 Å². The van der Waals surface area contributed by atoms with Crippen LogP contribution in [0.15, 0.2) is 36.7 Å². The van der Waals surface area contributed by atoms with Crippen molar-refractivity contribution >= 4 is 11.6 Å². The van der Waals surface area contributed by atoms with E-state index in [1.165, 1.54) is 12.1 Å². The van der Waals surface area contributed by atoms with Crippen LogP contribution in [0, 0.1) is 5.82 Å². The maximum Gasteiger partial charge on any atom is 0.134 e. The van der Waals surface area contributed by atoms with Crippen LogP contribution in [-0.4, -0.2) is 23.6 Å². The van der Waals surface area contributed by atoms with Crippen molar-refractivity contribution < 1.29 is 4.39 Å². The molecule has 0 fully saturated rings. The van der Waals surface area contributed by atoms with E-state index in [1.54, 1.807) is 18.5 Å². The van der Waals surface area contributed by atoms with E-state index in [9.17, 15) is 4.39 Å². The van der Waals surface area contributed by atoms with E-state index in [0.29, 0.717) is 6.54 Å². The zero-order chi connectivity index (χ0) is 14.4. The molecule has 0 aliphatic carbocycles. The van der Waals surface area contributed by atoms with Crippen LogP contribution in [0.4, 0.5) is 16.0 Å². The Bertz CT molecular complexity index is 542. The third-order valence-corrected chi connectivity index (χ3v) is 2.93. The molecule has 5 heteroatoms. The Morgan fingerprint density at radius 2 is 1.95 bits per heavy atom. The largest absolute Gasteiger partial charge is 0.370 e. The summed E-state index contributed by atoms with van der Waals surface area (Å²) in [7, 11) is 1.95. The second-order valence-electron chi connectivity index (χ2n) is 4.67. The third kappa shape index (κ3) is 3.91. The van der Waals surface area contributed by atoms with Crippen LogP contribution in [-0.2, 0) is 6.54 Å². The lowest BCUT2D eigenvalue weighted by atomic mass is 10.2. The Labute approximate surface area is 118 Å². The maximum absolute atomic E-state index is 12.9. The molecule has 0 saturated heterocycles. The molecule has 2 rings (SSSR count). The number of nitrogens with zero attached hydrogens (tertiary/aromatic N) is 3. The molecule has 0 amide bonds. The molecule has 106 valence electrons. The van der Waals surface area contributed by atoms with Crippen LogP contribution in [0.3, 0.4) is 0 Å². The summed E-state index contributed by atoms with van der Waals surface area (Å²) in [5.41, 5.74) is 1.04. The molecular weight excluding hydrogens is 255 g/mol. The van der Waals surface area contributed by atoms with E-state index in [-0.39, 0.29) is 5.82 Å². The molecule has 0 atom stereocenters. The first-order valence-corrected chi connectivity index (χ1v) is 6.70. The lowest BCUT2D eigenvalue weighted by Gasteiger charge is -2.18. The number of nitrogens with one attached hydrogen (secondary N) is 1. The van der Waals surface area contributed by atoms with Crippen LogP contribution >= 0.6 is 0 Å². The monoisotopic (exact) mass is 274 g/mol. The number of aromatic nitrogens is 2. The van der Waals surface area contributed by atoms with E-state index in [0.717, 1.165) is 30.2 Å². The summed E-state index contributed by atoms with van der Waals surface area (Å²) in [5.74, 6) is 1.44. The molecule has 1 heterocycles. The Hall–Kier alpha value is -2.17. The van der Waals surface area contributed by atoms with Gasteiger partial charge in [-0.15, -0.1) is 0 Å². The fraction of sp³-hybridized carbons (Fsp3) is 0.333. The van der Waals surface area contributed by atoms with Gasteiger partial charge in [0.2, 0.25) is 0 Å². The van der Waals surface area contributed by atoms with Crippen molar-refractivity contribution in [2.24, 2.45) is 0 Å². The van der Waals surface area contributed by atoms with Crippen molar-refractivity contribution in [3.8, 4) is 0 Å². The van der Waals surface area contributed by atoms with Crippen LogP contribution in [0.5, 0.6) is 0 Å². The molecule has 0 saturated carbocycles. The Balaban J connectivity index is 2.04. The summed E-state index contributed by atoms with van der Waals surface area (Å²) in [5, 5.41) is 3.23. The molecule has 2 aromatic rings. The first-order valence-electron chi connectivity index (χ1n) is 6.70. The molecule has 1 aromatic heterocycles. The summed E-state index contributed by atoms with van der Waals surface area (Å²) in [4.78, 5) is 10.4. The van der Waals surface area contributed by atoms with Crippen molar-refractivity contribution in [3.63, 3.8) is 0 Å². The van der Waals surface area contributed by atoms with Gasteiger partial charge in [-0.05, 0) is 24.1 Å². The first-order chi connectivity index (χ1) is 9.69. The number of benzene rings is 1. The average molecular weight is 274 g/mol. The molecule has 0 radical (unpaired) electrons. The minimum atomic E-state index is -0.218. The van der Waals surface area contributed by atoms with Crippen LogP contribution in [0.1, 0.15) is 18.9 Å². The lowest BCUT2D eigenvalue weighted by Crippen LogP contribution is -2.18. The van der Waals surface area contributed by atoms with Crippen LogP contribution < -0.4 is 10.2 Å². The van der Waals surface area contributed by atoms with Gasteiger partial charge < -0.3 is 10.2 Å². The van der Waals surface area contributed by atoms with E-state index in [4.69, 9.17) is 0 Å². The topological polar surface area (TPSA) is 41.0 Å². The van der Waals surface area contributed by atoms with Crippen molar-refractivity contribution in [2.45, 2.75) is 19.9 Å². The molecule has 1 aromatic carbocycles. The van der Waals surface area contributed by atoms with Gasteiger partial charge in [0.15, 0.2) is 0 Å². The average Bonchev–Trinajstić information content (AvgIpc) is 2.48. The minimum absolute atomic E-state index is 0.218. The Morgan fingerprint density at radius 3 is 2.65 bits per heavy atom. The SMILES string of the molecule is CCCNc1cc(N(C)Cc2ccc(F)cc2)ncn1. The summed E-state index contributed by atoms with van der Waals surface area (Å²) >= 11 is 0. The zero-order valence-electron chi connectivity index (χ0n) is 11.8. The number of halogens is 1. The first kappa shape index (κ1) is 14.2. The van der Waals surface area contributed by atoms with Gasteiger partial charge in [0.25, 0.3) is 0 Å². The van der Waals surface area contributed by atoms with Gasteiger partial charge in [-0.25, -0.2) is 14.4 Å². The van der Waals surface area contributed by atoms with Crippen molar-refractivity contribution in [2.75, 3.05) is 23.8 Å². The van der Waals surface area contributed by atoms with E-state index in [2.05, 4.69) is 22.2 Å². The normalized spacial score (nSPS) is 10.3. The Morgan fingerprint density at radius 1 is 1.20 bits per heavy atom. The highest BCUT2D eigenvalue weighted by Gasteiger charge is 2.05. The van der Waals surface area contributed by atoms with Gasteiger partial charge in [-0.1, -0.05) is 19.1 Å². The van der Waals surface area contributed by atoms with Gasteiger partial charge in [0, 0.05) is 26.2 Å². The fourth-order valence-electron chi connectivity index (χ4n) is 1.85. The summed E-state index contributed by atoms with van der Waals surface area (Å²) < 4.78 is 12.9. The second-order valence-corrected chi connectivity index (χ2v) is 4.67. The zero-order valence-corrected chi connectivity index (χ0v) is 11.8. The van der Waals surface area contributed by atoms with Gasteiger partial charge in [0.1, 0.15) is 23.8 Å². The highest BCUT2D eigenvalue weighted by Crippen LogP contribution is 2.15. The highest BCUT2D eigenvalue weighted by molar-refractivity contribution is 5.48. The number of anilines is 2. The number of hydrogen-bond donors (Lipinski definition) is 1. The summed E-state index contributed by atoms with van der Waals surface area (Å²) in [6.45, 7) is 3.67. The van der Waals surface area contributed by atoms with E-state index >= 15 is 0 Å². The van der Waals surface area contributed by atoms with E-state index in [1.807, 2.05) is 18.0 Å². The molecule has 1 N–H and O–H groups in total. The summed E-state index contributed by atoms with van der Waals surface area (Å²) in [6.07, 6.45) is 2.60. The smallest absolute Gasteiger partial charge is 0.134 e. The molecule has 0 unspecified atom stereocenters. The van der Waals surface area contributed by atoms with Crippen molar-refractivity contribution in [1.82, 2.24) is 9.97 Å². The standard InChI is InChI=1S/C15H19FN4/c1-3-8-17-14-9-15(19-11-18-14)20(2)10-12-4-6-13(16)7-5-12/h4-7,9,11H,3,8,10H2,1-2H3,(H,17,18,19). The molecular formula is C15H19FN4. The maximum atomic E-state index is 12.9. The number of hydrogen-bond acceptors (Lipinski definition) is 4. The molecule has 0 aliphatic heterocycles. The predicted molar refractivity (Wildman–Crippen MR) is 79.3 cm³/mol. The molecule has 20 heavy (non-hydrogen) atoms. The second kappa shape index (κ2) is 6.84. The van der Waals surface area contributed by atoms with Gasteiger partial charge >= 0.3 is 0 Å². The molecule has 0 aliphatic rings. The predicted octanol–water partition coefficient (Wildman–Crippen LogP) is 3.07. The van der Waals surface area contributed by atoms with Crippen molar-refractivity contribution in [1.29, 1.82) is 0 Å². The highest BCUT2D eigenvalue weighted by atomic mass is 19.1. The summed E-state index contributed by atoms with van der Waals surface area (Å²) in [6, 6.07) is 8.42. The van der Waals surface area contributed by atoms with Crippen LogP contribution in [0.2, 0.25) is 0 Å². The molecule has 4 nitrogen and oxygen atoms in total. The number of rotatable bonds is 6. The molecule has 0 bridgehead atoms. The van der Waals surface area contributed by atoms with Crippen molar-refractivity contribution in [3.05, 3.63) is 48.0 Å². The molecule has 0 spiro atoms. The lowest BCUT2D eigenvalue weighted by molar-refractivity contribution is 0.627. The minimum Gasteiger partial charge on any atom is -0.370 e. The Kier molecular flexibility index (Phi) is 4.87. The fourth-order valence-corrected chi connectivity index (χ4v) is 1.85. The van der Waals surface area contributed by atoms with Gasteiger partial charge in [-0.3, -0.25) is 0 Å². The van der Waals surface area contributed by atoms with Crippen LogP contribution in [0.25, 0.3) is 0 Å². The van der Waals surface area contributed by atoms with E-state index < -0.39 is 0 Å². The third-order valence-electron chi connectivity index (χ3n) is 2.93. The van der Waals surface area contributed by atoms with Gasteiger partial charge in [0.05, 0.1) is 0 Å².